The lowest BCUT2D eigenvalue weighted by atomic mass is 10.3. The summed E-state index contributed by atoms with van der Waals surface area (Å²) >= 11 is 0. The Morgan fingerprint density at radius 1 is 1.38 bits per heavy atom. The zero-order chi connectivity index (χ0) is 9.84. The average Bonchev–Trinajstić information content (AvgIpc) is 2.11. The van der Waals surface area contributed by atoms with Crippen LogP contribution in [0.5, 0.6) is 0 Å². The predicted molar refractivity (Wildman–Crippen MR) is 42.7 cm³/mol. The van der Waals surface area contributed by atoms with Crippen LogP contribution in [0.25, 0.3) is 0 Å². The Hall–Kier alpha value is -0.980. The molecule has 1 saturated heterocycles. The minimum atomic E-state index is -1.05. The maximum absolute atomic E-state index is 11.1. The number of aliphatic hydroxyl groups is 2. The van der Waals surface area contributed by atoms with Gasteiger partial charge in [-0.3, -0.25) is 19.8 Å². The molecule has 13 heavy (non-hydrogen) atoms. The lowest BCUT2D eigenvalue weighted by Gasteiger charge is -2.26. The van der Waals surface area contributed by atoms with Crippen molar-refractivity contribution in [3.63, 3.8) is 0 Å². The third-order valence-electron chi connectivity index (χ3n) is 1.76. The van der Waals surface area contributed by atoms with E-state index in [9.17, 15) is 9.59 Å². The predicted octanol–water partition coefficient (Wildman–Crippen LogP) is -2.70. The molecule has 1 aliphatic heterocycles. The van der Waals surface area contributed by atoms with Crippen molar-refractivity contribution in [1.29, 1.82) is 0 Å². The van der Waals surface area contributed by atoms with E-state index in [4.69, 9.17) is 10.2 Å². The molecule has 1 atom stereocenters. The third-order valence-corrected chi connectivity index (χ3v) is 1.76. The van der Waals surface area contributed by atoms with Gasteiger partial charge in [-0.2, -0.15) is 0 Å². The lowest BCUT2D eigenvalue weighted by Crippen LogP contribution is -2.54. The highest BCUT2D eigenvalue weighted by Crippen LogP contribution is 1.98. The van der Waals surface area contributed by atoms with Crippen LogP contribution in [0.3, 0.4) is 0 Å². The van der Waals surface area contributed by atoms with E-state index in [1.54, 1.807) is 0 Å². The monoisotopic (exact) mass is 188 g/mol. The minimum absolute atomic E-state index is 0.101. The van der Waals surface area contributed by atoms with Gasteiger partial charge in [0, 0.05) is 0 Å². The molecule has 2 amide bonds. The molecule has 0 aliphatic carbocycles. The average molecular weight is 188 g/mol. The number of piperazine rings is 1. The molecular formula is C7H12N2O4. The minimum Gasteiger partial charge on any atom is -0.394 e. The molecule has 0 spiro atoms. The number of carbonyl (C=O) groups excluding carboxylic acids is 2. The van der Waals surface area contributed by atoms with E-state index in [-0.39, 0.29) is 31.4 Å². The van der Waals surface area contributed by atoms with Crippen molar-refractivity contribution in [2.45, 2.75) is 6.10 Å². The molecule has 0 saturated carbocycles. The summed E-state index contributed by atoms with van der Waals surface area (Å²) in [5, 5.41) is 20.2. The van der Waals surface area contributed by atoms with E-state index in [0.717, 1.165) is 4.90 Å². The SMILES string of the molecule is O=C1CNCC(=O)N1CC(O)CO. The molecule has 6 nitrogen and oxygen atoms in total. The standard InChI is InChI=1S/C7H12N2O4/c10-4-5(11)3-9-6(12)1-8-2-7(9)13/h5,8,10-11H,1-4H2. The first-order valence-electron chi connectivity index (χ1n) is 3.98. The van der Waals surface area contributed by atoms with Crippen LogP contribution in [0.4, 0.5) is 0 Å². The molecule has 1 aliphatic rings. The van der Waals surface area contributed by atoms with Crippen LogP contribution in [0.2, 0.25) is 0 Å². The summed E-state index contributed by atoms with van der Waals surface area (Å²) in [6, 6.07) is 0. The van der Waals surface area contributed by atoms with Crippen LogP contribution < -0.4 is 5.32 Å². The summed E-state index contributed by atoms with van der Waals surface area (Å²) in [4.78, 5) is 23.2. The number of hydrogen-bond donors (Lipinski definition) is 3. The quantitative estimate of drug-likeness (QED) is 0.419. The van der Waals surface area contributed by atoms with Gasteiger partial charge in [0.1, 0.15) is 0 Å². The van der Waals surface area contributed by atoms with Crippen LogP contribution in [0.1, 0.15) is 0 Å². The van der Waals surface area contributed by atoms with Crippen LogP contribution in [-0.2, 0) is 9.59 Å². The smallest absolute Gasteiger partial charge is 0.243 e. The number of nitrogens with one attached hydrogen (secondary N) is 1. The van der Waals surface area contributed by atoms with Crippen molar-refractivity contribution in [3.05, 3.63) is 0 Å². The highest BCUT2D eigenvalue weighted by molar-refractivity contribution is 5.99. The van der Waals surface area contributed by atoms with Gasteiger partial charge in [0.05, 0.1) is 32.3 Å². The molecule has 1 heterocycles. The van der Waals surface area contributed by atoms with Crippen LogP contribution in [-0.4, -0.2) is 59.3 Å². The van der Waals surface area contributed by atoms with Crippen molar-refractivity contribution in [2.24, 2.45) is 0 Å². The summed E-state index contributed by atoms with van der Waals surface area (Å²) < 4.78 is 0. The molecule has 74 valence electrons. The first kappa shape index (κ1) is 10.1. The number of nitrogens with zero attached hydrogens (tertiary/aromatic N) is 1. The van der Waals surface area contributed by atoms with Crippen molar-refractivity contribution in [1.82, 2.24) is 10.2 Å². The fourth-order valence-corrected chi connectivity index (χ4v) is 1.08. The van der Waals surface area contributed by atoms with Gasteiger partial charge in [-0.15, -0.1) is 0 Å². The Morgan fingerprint density at radius 3 is 2.38 bits per heavy atom. The van der Waals surface area contributed by atoms with Gasteiger partial charge in [-0.1, -0.05) is 0 Å². The van der Waals surface area contributed by atoms with Crippen LogP contribution >= 0.6 is 0 Å². The van der Waals surface area contributed by atoms with Gasteiger partial charge in [0.15, 0.2) is 0 Å². The highest BCUT2D eigenvalue weighted by atomic mass is 16.3. The van der Waals surface area contributed by atoms with E-state index < -0.39 is 12.7 Å². The van der Waals surface area contributed by atoms with Crippen LogP contribution in [0.15, 0.2) is 0 Å². The van der Waals surface area contributed by atoms with Crippen LogP contribution in [0, 0.1) is 0 Å². The summed E-state index contributed by atoms with van der Waals surface area (Å²) in [5.74, 6) is -0.743. The number of imide groups is 1. The second-order valence-corrected chi connectivity index (χ2v) is 2.84. The number of aliphatic hydroxyl groups excluding tert-OH is 2. The second-order valence-electron chi connectivity index (χ2n) is 2.84. The van der Waals surface area contributed by atoms with E-state index in [1.807, 2.05) is 0 Å². The Kier molecular flexibility index (Phi) is 3.35. The summed E-state index contributed by atoms with van der Waals surface area (Å²) in [6.07, 6.45) is -1.05. The molecule has 1 fully saturated rings. The zero-order valence-electron chi connectivity index (χ0n) is 7.06. The van der Waals surface area contributed by atoms with Gasteiger partial charge < -0.3 is 10.2 Å². The number of hydrogen-bond acceptors (Lipinski definition) is 5. The summed E-state index contributed by atoms with van der Waals surface area (Å²) in [7, 11) is 0. The Bertz CT molecular complexity index is 203. The summed E-state index contributed by atoms with van der Waals surface area (Å²) in [5.41, 5.74) is 0. The van der Waals surface area contributed by atoms with Gasteiger partial charge in [-0.25, -0.2) is 0 Å². The summed E-state index contributed by atoms with van der Waals surface area (Å²) in [6.45, 7) is -0.381. The lowest BCUT2D eigenvalue weighted by molar-refractivity contribution is -0.148. The Balaban J connectivity index is 2.54. The third kappa shape index (κ3) is 2.48. The number of carbonyl (C=O) groups is 2. The largest absolute Gasteiger partial charge is 0.394 e. The normalized spacial score (nSPS) is 20.6. The van der Waals surface area contributed by atoms with Gasteiger partial charge in [0.2, 0.25) is 11.8 Å². The highest BCUT2D eigenvalue weighted by Gasteiger charge is 2.26. The first-order chi connectivity index (χ1) is 6.15. The maximum atomic E-state index is 11.1. The Labute approximate surface area is 75.1 Å². The molecule has 1 unspecified atom stereocenters. The molecule has 0 bridgehead atoms. The molecule has 0 aromatic heterocycles. The molecule has 1 rings (SSSR count). The first-order valence-corrected chi connectivity index (χ1v) is 3.98. The maximum Gasteiger partial charge on any atom is 0.243 e. The number of β-amino-alcohol motifs (C(OH)–C–C–N with tert-alkyl or cyclic N) is 1. The molecular weight excluding hydrogens is 176 g/mol. The molecule has 0 aromatic carbocycles. The van der Waals surface area contributed by atoms with Gasteiger partial charge in [-0.05, 0) is 0 Å². The zero-order valence-corrected chi connectivity index (χ0v) is 7.06. The number of amides is 2. The van der Waals surface area contributed by atoms with Crippen molar-refractivity contribution >= 4 is 11.8 Å². The molecule has 3 N–H and O–H groups in total. The van der Waals surface area contributed by atoms with Crippen molar-refractivity contribution in [3.8, 4) is 0 Å². The molecule has 0 radical (unpaired) electrons. The van der Waals surface area contributed by atoms with Crippen molar-refractivity contribution in [2.75, 3.05) is 26.2 Å². The molecule has 6 heteroatoms. The second kappa shape index (κ2) is 4.31. The van der Waals surface area contributed by atoms with Gasteiger partial charge >= 0.3 is 0 Å². The topological polar surface area (TPSA) is 89.9 Å². The van der Waals surface area contributed by atoms with E-state index >= 15 is 0 Å². The van der Waals surface area contributed by atoms with E-state index in [2.05, 4.69) is 5.32 Å². The molecule has 0 aromatic rings. The van der Waals surface area contributed by atoms with Crippen molar-refractivity contribution < 1.29 is 19.8 Å². The Morgan fingerprint density at radius 2 is 1.92 bits per heavy atom. The van der Waals surface area contributed by atoms with Gasteiger partial charge in [0.25, 0.3) is 0 Å². The fraction of sp³-hybridized carbons (Fsp3) is 0.714. The fourth-order valence-electron chi connectivity index (χ4n) is 1.08. The number of rotatable bonds is 3. The van der Waals surface area contributed by atoms with E-state index in [0.29, 0.717) is 0 Å². The van der Waals surface area contributed by atoms with E-state index in [1.165, 1.54) is 0 Å².